The van der Waals surface area contributed by atoms with Gasteiger partial charge in [0.15, 0.2) is 0 Å². The molecule has 0 heterocycles. The van der Waals surface area contributed by atoms with Crippen LogP contribution in [0.25, 0.3) is 0 Å². The third kappa shape index (κ3) is 2.79. The molecule has 3 nitrogen and oxygen atoms in total. The molecule has 0 spiro atoms. The topological polar surface area (TPSA) is 49.5 Å². The summed E-state index contributed by atoms with van der Waals surface area (Å²) in [6.07, 6.45) is 3.93. The van der Waals surface area contributed by atoms with E-state index in [1.807, 2.05) is 25.2 Å². The highest BCUT2D eigenvalue weighted by Gasteiger charge is 2.27. The minimum Gasteiger partial charge on any atom is -0.391 e. The van der Waals surface area contributed by atoms with Gasteiger partial charge in [0.1, 0.15) is 0 Å². The molecule has 0 saturated heterocycles. The lowest BCUT2D eigenvalue weighted by atomic mass is 9.91. The van der Waals surface area contributed by atoms with Crippen molar-refractivity contribution in [3.63, 3.8) is 0 Å². The van der Waals surface area contributed by atoms with Gasteiger partial charge in [0.2, 0.25) is 0 Å². The molecule has 100 valence electrons. The van der Waals surface area contributed by atoms with E-state index in [2.05, 4.69) is 4.90 Å². The average Bonchev–Trinajstić information content (AvgIpc) is 2.38. The molecule has 18 heavy (non-hydrogen) atoms. The molecule has 3 N–H and O–H groups in total. The van der Waals surface area contributed by atoms with Gasteiger partial charge in [-0.15, -0.1) is 0 Å². The normalized spacial score (nSPS) is 24.0. The molecule has 0 bridgehead atoms. The number of hydrogen-bond acceptors (Lipinski definition) is 3. The monoisotopic (exact) mass is 268 g/mol. The Hall–Kier alpha value is -0.770. The molecule has 1 saturated carbocycles. The number of rotatable bonds is 3. The molecule has 0 amide bonds. The molecular formula is C14H21ClN2O. The summed E-state index contributed by atoms with van der Waals surface area (Å²) in [6.45, 7) is 0.496. The van der Waals surface area contributed by atoms with E-state index in [0.717, 1.165) is 30.5 Å². The van der Waals surface area contributed by atoms with Crippen LogP contribution in [-0.2, 0) is 6.54 Å². The largest absolute Gasteiger partial charge is 0.391 e. The summed E-state index contributed by atoms with van der Waals surface area (Å²) in [5.74, 6) is 0. The van der Waals surface area contributed by atoms with Crippen molar-refractivity contribution in [1.29, 1.82) is 0 Å². The summed E-state index contributed by atoms with van der Waals surface area (Å²) in [6, 6.07) is 6.06. The molecular weight excluding hydrogens is 248 g/mol. The third-order valence-corrected chi connectivity index (χ3v) is 4.12. The Kier molecular flexibility index (Phi) is 4.49. The van der Waals surface area contributed by atoms with E-state index in [4.69, 9.17) is 17.3 Å². The van der Waals surface area contributed by atoms with Gasteiger partial charge in [-0.3, -0.25) is 0 Å². The minimum absolute atomic E-state index is 0.167. The van der Waals surface area contributed by atoms with Crippen LogP contribution in [0.2, 0.25) is 5.02 Å². The smallest absolute Gasteiger partial charge is 0.0743 e. The van der Waals surface area contributed by atoms with Crippen LogP contribution >= 0.6 is 11.6 Å². The van der Waals surface area contributed by atoms with Gasteiger partial charge in [0, 0.05) is 13.6 Å². The molecule has 1 fully saturated rings. The first-order valence-corrected chi connectivity index (χ1v) is 6.90. The lowest BCUT2D eigenvalue weighted by Crippen LogP contribution is -2.43. The van der Waals surface area contributed by atoms with Crippen molar-refractivity contribution in [2.24, 2.45) is 5.73 Å². The van der Waals surface area contributed by atoms with Gasteiger partial charge in [-0.1, -0.05) is 30.5 Å². The quantitative estimate of drug-likeness (QED) is 0.886. The lowest BCUT2D eigenvalue weighted by molar-refractivity contribution is 0.106. The molecule has 0 radical (unpaired) electrons. The van der Waals surface area contributed by atoms with Crippen molar-refractivity contribution in [3.8, 4) is 0 Å². The maximum atomic E-state index is 10.1. The van der Waals surface area contributed by atoms with Crippen molar-refractivity contribution in [2.75, 3.05) is 11.9 Å². The van der Waals surface area contributed by atoms with Crippen LogP contribution in [0.15, 0.2) is 18.2 Å². The number of anilines is 1. The number of hydrogen-bond donors (Lipinski definition) is 2. The molecule has 1 aromatic rings. The van der Waals surface area contributed by atoms with Gasteiger partial charge in [-0.05, 0) is 30.5 Å². The average molecular weight is 269 g/mol. The van der Waals surface area contributed by atoms with E-state index in [-0.39, 0.29) is 12.1 Å². The number of nitrogens with zero attached hydrogens (tertiary/aromatic N) is 1. The van der Waals surface area contributed by atoms with E-state index in [1.54, 1.807) is 0 Å². The summed E-state index contributed by atoms with van der Waals surface area (Å²) >= 11 is 6.29. The second-order valence-corrected chi connectivity index (χ2v) is 5.43. The highest BCUT2D eigenvalue weighted by Crippen LogP contribution is 2.31. The van der Waals surface area contributed by atoms with Crippen LogP contribution in [0.1, 0.15) is 31.2 Å². The zero-order valence-electron chi connectivity index (χ0n) is 10.8. The van der Waals surface area contributed by atoms with E-state index in [0.29, 0.717) is 11.6 Å². The molecule has 1 aliphatic rings. The summed E-state index contributed by atoms with van der Waals surface area (Å²) in [4.78, 5) is 2.10. The molecule has 0 aliphatic heterocycles. The van der Waals surface area contributed by atoms with Crippen molar-refractivity contribution in [2.45, 2.75) is 44.4 Å². The summed E-state index contributed by atoms with van der Waals surface area (Å²) in [5, 5.41) is 10.8. The van der Waals surface area contributed by atoms with Crippen LogP contribution in [0.4, 0.5) is 5.69 Å². The summed E-state index contributed by atoms with van der Waals surface area (Å²) in [5.41, 5.74) is 7.60. The predicted molar refractivity (Wildman–Crippen MR) is 76.0 cm³/mol. The van der Waals surface area contributed by atoms with Crippen molar-refractivity contribution < 1.29 is 5.11 Å². The Labute approximate surface area is 114 Å². The first kappa shape index (κ1) is 13.7. The minimum atomic E-state index is -0.256. The molecule has 0 aromatic heterocycles. The molecule has 2 rings (SSSR count). The molecule has 1 aromatic carbocycles. The third-order valence-electron chi connectivity index (χ3n) is 3.82. The molecule has 2 atom stereocenters. The zero-order valence-corrected chi connectivity index (χ0v) is 11.5. The Morgan fingerprint density at radius 1 is 1.39 bits per heavy atom. The van der Waals surface area contributed by atoms with E-state index >= 15 is 0 Å². The fraction of sp³-hybridized carbons (Fsp3) is 0.571. The standard InChI is InChI=1S/C14H21ClN2O/c1-17(13-4-2-3-5-14(13)18)12-7-6-10(9-16)8-11(12)15/h6-8,13-14,18H,2-5,9,16H2,1H3. The number of nitrogens with two attached hydrogens (primary N) is 1. The maximum absolute atomic E-state index is 10.1. The number of aliphatic hydroxyl groups excluding tert-OH is 1. The van der Waals surface area contributed by atoms with Gasteiger partial charge in [0.05, 0.1) is 22.9 Å². The maximum Gasteiger partial charge on any atom is 0.0743 e. The number of aliphatic hydroxyl groups is 1. The highest BCUT2D eigenvalue weighted by atomic mass is 35.5. The van der Waals surface area contributed by atoms with Crippen LogP contribution in [0.3, 0.4) is 0 Å². The fourth-order valence-corrected chi connectivity index (χ4v) is 3.02. The van der Waals surface area contributed by atoms with Gasteiger partial charge >= 0.3 is 0 Å². The van der Waals surface area contributed by atoms with Crippen LogP contribution in [0.5, 0.6) is 0 Å². The van der Waals surface area contributed by atoms with Crippen LogP contribution < -0.4 is 10.6 Å². The van der Waals surface area contributed by atoms with Crippen LogP contribution in [0, 0.1) is 0 Å². The Morgan fingerprint density at radius 3 is 2.72 bits per heavy atom. The number of halogens is 1. The zero-order chi connectivity index (χ0) is 13.1. The molecule has 2 unspecified atom stereocenters. The van der Waals surface area contributed by atoms with E-state index in [1.165, 1.54) is 6.42 Å². The fourth-order valence-electron chi connectivity index (χ4n) is 2.69. The predicted octanol–water partition coefficient (Wildman–Crippen LogP) is 2.54. The first-order valence-electron chi connectivity index (χ1n) is 6.53. The van der Waals surface area contributed by atoms with Gasteiger partial charge in [-0.2, -0.15) is 0 Å². The van der Waals surface area contributed by atoms with Crippen molar-refractivity contribution >= 4 is 17.3 Å². The highest BCUT2D eigenvalue weighted by molar-refractivity contribution is 6.33. The lowest BCUT2D eigenvalue weighted by Gasteiger charge is -2.37. The Bertz CT molecular complexity index is 411. The van der Waals surface area contributed by atoms with Crippen LogP contribution in [-0.4, -0.2) is 24.3 Å². The van der Waals surface area contributed by atoms with Crippen molar-refractivity contribution in [3.05, 3.63) is 28.8 Å². The first-order chi connectivity index (χ1) is 8.63. The van der Waals surface area contributed by atoms with Gasteiger partial charge in [0.25, 0.3) is 0 Å². The Balaban J connectivity index is 2.19. The van der Waals surface area contributed by atoms with E-state index < -0.39 is 0 Å². The van der Waals surface area contributed by atoms with Gasteiger partial charge < -0.3 is 15.7 Å². The number of benzene rings is 1. The van der Waals surface area contributed by atoms with Crippen molar-refractivity contribution in [1.82, 2.24) is 0 Å². The number of likely N-dealkylation sites (N-methyl/N-ethyl adjacent to an activating group) is 1. The summed E-state index contributed by atoms with van der Waals surface area (Å²) < 4.78 is 0. The Morgan fingerprint density at radius 2 is 2.11 bits per heavy atom. The second-order valence-electron chi connectivity index (χ2n) is 5.02. The molecule has 1 aliphatic carbocycles. The van der Waals surface area contributed by atoms with Gasteiger partial charge in [-0.25, -0.2) is 0 Å². The SMILES string of the molecule is CN(c1ccc(CN)cc1Cl)C1CCCCC1O. The second kappa shape index (κ2) is 5.91. The summed E-state index contributed by atoms with van der Waals surface area (Å²) in [7, 11) is 2.00. The van der Waals surface area contributed by atoms with E-state index in [9.17, 15) is 5.11 Å². The molecule has 4 heteroatoms.